The van der Waals surface area contributed by atoms with Gasteiger partial charge in [0.15, 0.2) is 0 Å². The van der Waals surface area contributed by atoms with Gasteiger partial charge in [-0.15, -0.1) is 0 Å². The number of nitrogens with zero attached hydrogens (tertiary/aromatic N) is 3. The summed E-state index contributed by atoms with van der Waals surface area (Å²) in [5, 5.41) is 3.08. The van der Waals surface area contributed by atoms with Gasteiger partial charge in [-0.2, -0.15) is 0 Å². The van der Waals surface area contributed by atoms with Gasteiger partial charge >= 0.3 is 0 Å². The number of aromatic nitrogens is 3. The van der Waals surface area contributed by atoms with Crippen LogP contribution < -0.4 is 5.32 Å². The predicted molar refractivity (Wildman–Crippen MR) is 68.1 cm³/mol. The minimum Gasteiger partial charge on any atom is -0.372 e. The van der Waals surface area contributed by atoms with Crippen LogP contribution in [-0.4, -0.2) is 22.0 Å². The predicted octanol–water partition coefficient (Wildman–Crippen LogP) is 2.12. The molecular formula is C13H16N4. The smallest absolute Gasteiger partial charge is 0.148 e. The van der Waals surface area contributed by atoms with Crippen molar-refractivity contribution in [2.24, 2.45) is 0 Å². The Kier molecular flexibility index (Phi) is 3.32. The third-order valence-corrected chi connectivity index (χ3v) is 2.69. The third kappa shape index (κ3) is 2.58. The number of anilines is 1. The third-order valence-electron chi connectivity index (χ3n) is 2.69. The molecule has 0 unspecified atom stereocenters. The SMILES string of the molecule is CNc1nc(C)c(C)nc1Cc1ccccn1. The largest absolute Gasteiger partial charge is 0.372 e. The highest BCUT2D eigenvalue weighted by molar-refractivity contribution is 5.42. The fourth-order valence-electron chi connectivity index (χ4n) is 1.65. The van der Waals surface area contributed by atoms with Crippen LogP contribution in [0, 0.1) is 13.8 Å². The Hall–Kier alpha value is -1.97. The average molecular weight is 228 g/mol. The highest BCUT2D eigenvalue weighted by atomic mass is 15.0. The van der Waals surface area contributed by atoms with Crippen LogP contribution in [0.4, 0.5) is 5.82 Å². The summed E-state index contributed by atoms with van der Waals surface area (Å²) in [7, 11) is 1.86. The Morgan fingerprint density at radius 1 is 1.12 bits per heavy atom. The highest BCUT2D eigenvalue weighted by Gasteiger charge is 2.08. The van der Waals surface area contributed by atoms with Gasteiger partial charge in [0.05, 0.1) is 17.1 Å². The molecule has 0 radical (unpaired) electrons. The normalized spacial score (nSPS) is 10.3. The first-order valence-corrected chi connectivity index (χ1v) is 5.62. The van der Waals surface area contributed by atoms with Crippen LogP contribution in [0.3, 0.4) is 0 Å². The second kappa shape index (κ2) is 4.91. The number of pyridine rings is 1. The fraction of sp³-hybridized carbons (Fsp3) is 0.308. The number of aryl methyl sites for hydroxylation is 2. The first-order chi connectivity index (χ1) is 8.20. The van der Waals surface area contributed by atoms with Crippen molar-refractivity contribution in [2.75, 3.05) is 12.4 Å². The van der Waals surface area contributed by atoms with Crippen molar-refractivity contribution in [2.45, 2.75) is 20.3 Å². The standard InChI is InChI=1S/C13H16N4/c1-9-10(2)17-13(14-3)12(16-9)8-11-6-4-5-7-15-11/h4-7H,8H2,1-3H3,(H,14,17). The summed E-state index contributed by atoms with van der Waals surface area (Å²) < 4.78 is 0. The molecule has 0 aliphatic rings. The van der Waals surface area contributed by atoms with E-state index < -0.39 is 0 Å². The van der Waals surface area contributed by atoms with E-state index in [4.69, 9.17) is 0 Å². The zero-order valence-corrected chi connectivity index (χ0v) is 10.4. The van der Waals surface area contributed by atoms with Crippen molar-refractivity contribution in [3.8, 4) is 0 Å². The molecule has 2 heterocycles. The number of hydrogen-bond acceptors (Lipinski definition) is 4. The van der Waals surface area contributed by atoms with Crippen LogP contribution in [0.2, 0.25) is 0 Å². The van der Waals surface area contributed by atoms with E-state index in [9.17, 15) is 0 Å². The second-order valence-electron chi connectivity index (χ2n) is 3.94. The van der Waals surface area contributed by atoms with E-state index in [0.29, 0.717) is 6.42 Å². The molecule has 17 heavy (non-hydrogen) atoms. The quantitative estimate of drug-likeness (QED) is 0.874. The van der Waals surface area contributed by atoms with E-state index >= 15 is 0 Å². The molecule has 2 rings (SSSR count). The molecule has 2 aromatic heterocycles. The number of hydrogen-bond donors (Lipinski definition) is 1. The molecule has 1 N–H and O–H groups in total. The summed E-state index contributed by atoms with van der Waals surface area (Å²) in [6.45, 7) is 3.94. The monoisotopic (exact) mass is 228 g/mol. The molecule has 0 aliphatic heterocycles. The summed E-state index contributed by atoms with van der Waals surface area (Å²) in [6, 6.07) is 5.89. The molecule has 0 fully saturated rings. The van der Waals surface area contributed by atoms with Crippen LogP contribution in [-0.2, 0) is 6.42 Å². The van der Waals surface area contributed by atoms with Gasteiger partial charge in [-0.3, -0.25) is 9.97 Å². The Labute approximate surface area is 101 Å². The van der Waals surface area contributed by atoms with E-state index in [0.717, 1.165) is 28.6 Å². The van der Waals surface area contributed by atoms with Crippen molar-refractivity contribution < 1.29 is 0 Å². The molecule has 0 bridgehead atoms. The first kappa shape index (κ1) is 11.5. The van der Waals surface area contributed by atoms with Gasteiger partial charge in [0.2, 0.25) is 0 Å². The van der Waals surface area contributed by atoms with Gasteiger partial charge in [0, 0.05) is 25.4 Å². The molecule has 2 aromatic rings. The minimum atomic E-state index is 0.700. The summed E-state index contributed by atoms with van der Waals surface area (Å²) in [5.74, 6) is 0.832. The Balaban J connectivity index is 2.35. The lowest BCUT2D eigenvalue weighted by atomic mass is 10.2. The topological polar surface area (TPSA) is 50.7 Å². The maximum atomic E-state index is 4.57. The van der Waals surface area contributed by atoms with Crippen LogP contribution in [0.25, 0.3) is 0 Å². The van der Waals surface area contributed by atoms with Crippen LogP contribution in [0.1, 0.15) is 22.8 Å². The fourth-order valence-corrected chi connectivity index (χ4v) is 1.65. The summed E-state index contributed by atoms with van der Waals surface area (Å²) >= 11 is 0. The van der Waals surface area contributed by atoms with E-state index in [-0.39, 0.29) is 0 Å². The van der Waals surface area contributed by atoms with Crippen LogP contribution in [0.15, 0.2) is 24.4 Å². The zero-order valence-electron chi connectivity index (χ0n) is 10.4. The van der Waals surface area contributed by atoms with Crippen molar-refractivity contribution in [1.82, 2.24) is 15.0 Å². The maximum absolute atomic E-state index is 4.57. The molecule has 4 heteroatoms. The van der Waals surface area contributed by atoms with Gasteiger partial charge in [-0.25, -0.2) is 4.98 Å². The molecule has 0 atom stereocenters. The van der Waals surface area contributed by atoms with E-state index in [1.54, 1.807) is 6.20 Å². The molecule has 0 aliphatic carbocycles. The van der Waals surface area contributed by atoms with Crippen molar-refractivity contribution in [1.29, 1.82) is 0 Å². The molecule has 0 amide bonds. The lowest BCUT2D eigenvalue weighted by molar-refractivity contribution is 0.940. The molecule has 0 saturated heterocycles. The van der Waals surface area contributed by atoms with Crippen molar-refractivity contribution >= 4 is 5.82 Å². The minimum absolute atomic E-state index is 0.700. The molecule has 0 spiro atoms. The van der Waals surface area contributed by atoms with Crippen molar-refractivity contribution in [3.63, 3.8) is 0 Å². The molecule has 0 aromatic carbocycles. The zero-order chi connectivity index (χ0) is 12.3. The molecule has 0 saturated carbocycles. The highest BCUT2D eigenvalue weighted by Crippen LogP contribution is 2.15. The summed E-state index contributed by atoms with van der Waals surface area (Å²) in [4.78, 5) is 13.4. The van der Waals surface area contributed by atoms with Crippen LogP contribution >= 0.6 is 0 Å². The van der Waals surface area contributed by atoms with E-state index in [1.807, 2.05) is 39.1 Å². The Bertz CT molecular complexity index is 508. The van der Waals surface area contributed by atoms with Crippen LogP contribution in [0.5, 0.6) is 0 Å². The van der Waals surface area contributed by atoms with Gasteiger partial charge in [-0.1, -0.05) is 6.07 Å². The maximum Gasteiger partial charge on any atom is 0.148 e. The second-order valence-corrected chi connectivity index (χ2v) is 3.94. The lowest BCUT2D eigenvalue weighted by Gasteiger charge is -2.09. The summed E-state index contributed by atoms with van der Waals surface area (Å²) in [5.41, 5.74) is 3.87. The average Bonchev–Trinajstić information content (AvgIpc) is 2.35. The first-order valence-electron chi connectivity index (χ1n) is 5.62. The van der Waals surface area contributed by atoms with Gasteiger partial charge in [0.1, 0.15) is 5.82 Å². The van der Waals surface area contributed by atoms with Gasteiger partial charge < -0.3 is 5.32 Å². The van der Waals surface area contributed by atoms with E-state index in [2.05, 4.69) is 20.3 Å². The lowest BCUT2D eigenvalue weighted by Crippen LogP contribution is -2.06. The molecular weight excluding hydrogens is 212 g/mol. The Morgan fingerprint density at radius 2 is 1.88 bits per heavy atom. The summed E-state index contributed by atoms with van der Waals surface area (Å²) in [6.07, 6.45) is 2.49. The molecule has 4 nitrogen and oxygen atoms in total. The van der Waals surface area contributed by atoms with Gasteiger partial charge in [-0.05, 0) is 26.0 Å². The van der Waals surface area contributed by atoms with Gasteiger partial charge in [0.25, 0.3) is 0 Å². The number of nitrogens with one attached hydrogen (secondary N) is 1. The Morgan fingerprint density at radius 3 is 2.53 bits per heavy atom. The van der Waals surface area contributed by atoms with Crippen molar-refractivity contribution in [3.05, 3.63) is 47.2 Å². The van der Waals surface area contributed by atoms with E-state index in [1.165, 1.54) is 0 Å². The number of rotatable bonds is 3. The molecule has 88 valence electrons.